The molecule has 8 rings (SSSR count). The fourth-order valence-corrected chi connectivity index (χ4v) is 8.86. The van der Waals surface area contributed by atoms with Crippen molar-refractivity contribution in [3.63, 3.8) is 0 Å². The van der Waals surface area contributed by atoms with E-state index in [1.165, 1.54) is 23.8 Å². The summed E-state index contributed by atoms with van der Waals surface area (Å²) in [6.07, 6.45) is 2.90. The number of hydrogen-bond acceptors (Lipinski definition) is 13. The average Bonchev–Trinajstić information content (AvgIpc) is 3.73. The molecule has 0 bridgehead atoms. The third-order valence-corrected chi connectivity index (χ3v) is 12.6. The van der Waals surface area contributed by atoms with Gasteiger partial charge in [0.15, 0.2) is 5.82 Å². The summed E-state index contributed by atoms with van der Waals surface area (Å²) in [5.74, 6) is 0.859. The van der Waals surface area contributed by atoms with Crippen LogP contribution in [0.3, 0.4) is 0 Å². The Labute approximate surface area is 384 Å². The summed E-state index contributed by atoms with van der Waals surface area (Å²) in [6, 6.07) is 22.6. The number of fused-ring (bicyclic) bond motifs is 1. The Hall–Kier alpha value is -6.20. The van der Waals surface area contributed by atoms with Crippen molar-refractivity contribution in [3.8, 4) is 45.8 Å². The number of hydrogen-bond donors (Lipinski definition) is 1. The minimum atomic E-state index is -3.02. The number of carboxylic acids is 1. The maximum atomic E-state index is 13.1. The molecule has 1 N–H and O–H groups in total. The number of aliphatic carboxylic acids is 1. The van der Waals surface area contributed by atoms with E-state index in [-0.39, 0.29) is 30.5 Å². The second-order valence-corrected chi connectivity index (χ2v) is 16.7. The molecule has 1 saturated heterocycles. The Bertz CT molecular complexity index is 2730. The standard InChI is InChI=1S/C48H47ClF2N6O7S/c1-29-34(15-16-38(43(29)49)61-24-23-57-21-19-56(2)20-22-57)41-42-40(27-53-44(41)31-10-8-11-33(25-31)60-3)65-55-46(42)63-39(47(58)59)26-30-9-4-6-13-36(30)62-28-32-17-18-52-45(54-32)35-12-5-7-14-37(35)64-48(50)51/h4-14,17-18,25,27,39,48H,15-16,19-24,26,28H2,1-3H3,(H,58,59)/t39-/m1/s1. The second-order valence-electron chi connectivity index (χ2n) is 15.6. The van der Waals surface area contributed by atoms with Crippen molar-refractivity contribution < 1.29 is 42.4 Å². The summed E-state index contributed by atoms with van der Waals surface area (Å²) < 4.78 is 60.9. The van der Waals surface area contributed by atoms with Crippen LogP contribution in [0.1, 0.15) is 36.6 Å². The van der Waals surface area contributed by atoms with Gasteiger partial charge in [-0.25, -0.2) is 14.8 Å². The summed E-state index contributed by atoms with van der Waals surface area (Å²) in [5.41, 5.74) is 5.23. The van der Waals surface area contributed by atoms with Crippen LogP contribution in [-0.4, -0.2) is 106 Å². The predicted molar refractivity (Wildman–Crippen MR) is 245 cm³/mol. The molecule has 0 saturated carbocycles. The monoisotopic (exact) mass is 924 g/mol. The number of piperazine rings is 1. The van der Waals surface area contributed by atoms with E-state index < -0.39 is 18.7 Å². The number of allylic oxidation sites excluding steroid dienone is 4. The summed E-state index contributed by atoms with van der Waals surface area (Å²) in [4.78, 5) is 31.5. The SMILES string of the molecule is COc1cccc(-c2ncc3snc(O[C@H](Cc4ccccc4OCc4ccnc(-c5ccccc5OC(F)F)n4)C(=O)O)c3c2C2=C(C)C(Cl)=C(OCCN3CCN(C)CC3)CC2)c1. The number of carboxylic acid groups (broad SMARTS) is 1. The van der Waals surface area contributed by atoms with Crippen molar-refractivity contribution in [3.05, 3.63) is 124 Å². The number of methoxy groups -OCH3 is 1. The number of ether oxygens (including phenoxy) is 5. The Balaban J connectivity index is 1.08. The molecule has 2 aliphatic rings. The number of nitrogens with zero attached hydrogens (tertiary/aromatic N) is 6. The van der Waals surface area contributed by atoms with Gasteiger partial charge < -0.3 is 33.7 Å². The maximum Gasteiger partial charge on any atom is 0.387 e. The number of likely N-dealkylation sites (N-methyl/N-ethyl adjacent to an activating group) is 1. The first kappa shape index (κ1) is 45.4. The molecule has 1 atom stereocenters. The van der Waals surface area contributed by atoms with Gasteiger partial charge in [0.2, 0.25) is 12.0 Å². The zero-order valence-corrected chi connectivity index (χ0v) is 37.6. The topological polar surface area (TPSA) is 141 Å². The highest BCUT2D eigenvalue weighted by Gasteiger charge is 2.30. The molecule has 13 nitrogen and oxygen atoms in total. The van der Waals surface area contributed by atoms with E-state index in [4.69, 9.17) is 35.5 Å². The molecular weight excluding hydrogens is 878 g/mol. The Morgan fingerprint density at radius 3 is 2.51 bits per heavy atom. The lowest BCUT2D eigenvalue weighted by Crippen LogP contribution is -2.45. The van der Waals surface area contributed by atoms with Gasteiger partial charge in [0.05, 0.1) is 39.2 Å². The van der Waals surface area contributed by atoms with Crippen LogP contribution in [0.15, 0.2) is 108 Å². The molecule has 1 fully saturated rings. The zero-order chi connectivity index (χ0) is 45.5. The molecule has 0 amide bonds. The van der Waals surface area contributed by atoms with Crippen LogP contribution in [0.4, 0.5) is 8.78 Å². The van der Waals surface area contributed by atoms with Gasteiger partial charge in [-0.15, -0.1) is 0 Å². The third-order valence-electron chi connectivity index (χ3n) is 11.4. The van der Waals surface area contributed by atoms with E-state index in [9.17, 15) is 18.7 Å². The lowest BCUT2D eigenvalue weighted by molar-refractivity contribution is -0.145. The molecule has 6 aromatic rings. The lowest BCUT2D eigenvalue weighted by atomic mass is 9.87. The lowest BCUT2D eigenvalue weighted by Gasteiger charge is -2.32. The quantitative estimate of drug-likeness (QED) is 0.0876. The molecule has 0 spiro atoms. The number of aromatic nitrogens is 4. The van der Waals surface area contributed by atoms with Crippen LogP contribution in [0, 0.1) is 0 Å². The van der Waals surface area contributed by atoms with Crippen molar-refractivity contribution in [2.75, 3.05) is 53.5 Å². The van der Waals surface area contributed by atoms with Gasteiger partial charge in [-0.05, 0) is 85.0 Å². The van der Waals surface area contributed by atoms with E-state index in [1.54, 1.807) is 61.8 Å². The highest BCUT2D eigenvalue weighted by molar-refractivity contribution is 7.13. The van der Waals surface area contributed by atoms with Gasteiger partial charge in [0.25, 0.3) is 0 Å². The number of pyridine rings is 1. The van der Waals surface area contributed by atoms with Crippen LogP contribution in [0.2, 0.25) is 0 Å². The number of carbonyl (C=O) groups is 1. The van der Waals surface area contributed by atoms with Gasteiger partial charge >= 0.3 is 12.6 Å². The fourth-order valence-electron chi connectivity index (χ4n) is 7.91. The van der Waals surface area contributed by atoms with E-state index in [0.29, 0.717) is 68.6 Å². The molecule has 3 aromatic heterocycles. The molecule has 65 heavy (non-hydrogen) atoms. The largest absolute Gasteiger partial charge is 0.497 e. The van der Waals surface area contributed by atoms with Crippen molar-refractivity contribution in [2.24, 2.45) is 0 Å². The maximum absolute atomic E-state index is 13.1. The number of para-hydroxylation sites is 2. The first-order chi connectivity index (χ1) is 31.6. The normalized spacial score (nSPS) is 15.4. The summed E-state index contributed by atoms with van der Waals surface area (Å²) in [7, 11) is 3.74. The summed E-state index contributed by atoms with van der Waals surface area (Å²) in [6.45, 7) is 4.30. The number of alkyl halides is 2. The van der Waals surface area contributed by atoms with Gasteiger partial charge in [0, 0.05) is 69.1 Å². The molecule has 3 aromatic carbocycles. The van der Waals surface area contributed by atoms with Gasteiger partial charge in [-0.1, -0.05) is 54.1 Å². The fraction of sp³-hybridized carbons (Fsp3) is 0.312. The van der Waals surface area contributed by atoms with Gasteiger partial charge in [-0.2, -0.15) is 13.2 Å². The molecule has 17 heteroatoms. The van der Waals surface area contributed by atoms with Crippen LogP contribution in [0.5, 0.6) is 23.1 Å². The minimum Gasteiger partial charge on any atom is -0.497 e. The smallest absolute Gasteiger partial charge is 0.387 e. The van der Waals surface area contributed by atoms with E-state index in [1.807, 2.05) is 31.2 Å². The predicted octanol–water partition coefficient (Wildman–Crippen LogP) is 9.36. The van der Waals surface area contributed by atoms with E-state index >= 15 is 0 Å². The molecule has 0 radical (unpaired) electrons. The van der Waals surface area contributed by atoms with E-state index in [0.717, 1.165) is 60.8 Å². The first-order valence-corrected chi connectivity index (χ1v) is 22.2. The Morgan fingerprint density at radius 1 is 0.938 bits per heavy atom. The van der Waals surface area contributed by atoms with Crippen LogP contribution in [-0.2, 0) is 22.6 Å². The van der Waals surface area contributed by atoms with Crippen molar-refractivity contribution in [1.82, 2.24) is 29.1 Å². The van der Waals surface area contributed by atoms with Gasteiger partial charge in [-0.3, -0.25) is 9.88 Å². The van der Waals surface area contributed by atoms with Crippen molar-refractivity contribution in [2.45, 2.75) is 45.5 Å². The molecule has 0 unspecified atom stereocenters. The molecule has 338 valence electrons. The van der Waals surface area contributed by atoms with Crippen LogP contribution < -0.4 is 18.9 Å². The van der Waals surface area contributed by atoms with Crippen LogP contribution in [0.25, 0.3) is 38.3 Å². The van der Waals surface area contributed by atoms with Crippen molar-refractivity contribution >= 4 is 44.8 Å². The molecular formula is C48H47ClF2N6O7S. The molecule has 4 heterocycles. The second kappa shape index (κ2) is 20.7. The Morgan fingerprint density at radius 2 is 1.72 bits per heavy atom. The van der Waals surface area contributed by atoms with Crippen LogP contribution >= 0.6 is 23.1 Å². The van der Waals surface area contributed by atoms with Gasteiger partial charge in [0.1, 0.15) is 36.2 Å². The first-order valence-electron chi connectivity index (χ1n) is 21.1. The zero-order valence-electron chi connectivity index (χ0n) is 36.0. The Kier molecular flexibility index (Phi) is 14.5. The van der Waals surface area contributed by atoms with E-state index in [2.05, 4.69) is 35.9 Å². The summed E-state index contributed by atoms with van der Waals surface area (Å²) in [5, 5.41) is 11.8. The molecule has 1 aliphatic carbocycles. The summed E-state index contributed by atoms with van der Waals surface area (Å²) >= 11 is 8.31. The average molecular weight is 925 g/mol. The number of benzene rings is 3. The number of rotatable bonds is 18. The third kappa shape index (κ3) is 10.7. The minimum absolute atomic E-state index is 0.0301. The van der Waals surface area contributed by atoms with Crippen molar-refractivity contribution in [1.29, 1.82) is 0 Å². The highest BCUT2D eigenvalue weighted by Crippen LogP contribution is 2.47. The highest BCUT2D eigenvalue weighted by atomic mass is 35.5. The number of halogens is 3. The molecule has 1 aliphatic heterocycles.